The van der Waals surface area contributed by atoms with Crippen LogP contribution in [0.25, 0.3) is 0 Å². The zero-order valence-electron chi connectivity index (χ0n) is 9.90. The molecule has 0 atom stereocenters. The van der Waals surface area contributed by atoms with Gasteiger partial charge in [0, 0.05) is 11.6 Å². The van der Waals surface area contributed by atoms with Gasteiger partial charge < -0.3 is 15.3 Å². The van der Waals surface area contributed by atoms with Gasteiger partial charge in [-0.2, -0.15) is 0 Å². The summed E-state index contributed by atoms with van der Waals surface area (Å²) in [6, 6.07) is 4.01. The molecule has 102 valence electrons. The lowest BCUT2D eigenvalue weighted by molar-refractivity contribution is -0.137. The van der Waals surface area contributed by atoms with E-state index in [0.717, 1.165) is 4.90 Å². The normalized spacial score (nSPS) is 9.79. The Balaban J connectivity index is 2.80. The van der Waals surface area contributed by atoms with Crippen molar-refractivity contribution in [3.05, 3.63) is 40.9 Å². The minimum atomic E-state index is -1.11. The number of anilines is 1. The van der Waals surface area contributed by atoms with Crippen LogP contribution in [0.2, 0.25) is 10.0 Å². The van der Waals surface area contributed by atoms with E-state index in [0.29, 0.717) is 10.7 Å². The third-order valence-corrected chi connectivity index (χ3v) is 2.68. The maximum atomic E-state index is 11.9. The number of urea groups is 1. The van der Waals surface area contributed by atoms with Crippen LogP contribution >= 0.6 is 23.2 Å². The first-order valence-corrected chi connectivity index (χ1v) is 6.03. The minimum absolute atomic E-state index is 0.114. The summed E-state index contributed by atoms with van der Waals surface area (Å²) in [4.78, 5) is 23.6. The number of carbonyl (C=O) groups is 2. The van der Waals surface area contributed by atoms with Crippen molar-refractivity contribution in [2.24, 2.45) is 0 Å². The topological polar surface area (TPSA) is 69.6 Å². The van der Waals surface area contributed by atoms with E-state index in [4.69, 9.17) is 28.3 Å². The number of amides is 2. The number of hydrogen-bond donors (Lipinski definition) is 2. The molecule has 5 nitrogen and oxygen atoms in total. The number of carboxylic acid groups (broad SMARTS) is 1. The van der Waals surface area contributed by atoms with E-state index < -0.39 is 18.5 Å². The number of carbonyl (C=O) groups excluding carboxylic acids is 1. The average Bonchev–Trinajstić information content (AvgIpc) is 2.31. The van der Waals surface area contributed by atoms with E-state index in [9.17, 15) is 9.59 Å². The molecule has 1 rings (SSSR count). The molecule has 2 amide bonds. The summed E-state index contributed by atoms with van der Waals surface area (Å²) in [5.41, 5.74) is 0.357. The van der Waals surface area contributed by atoms with Crippen LogP contribution in [0.5, 0.6) is 0 Å². The van der Waals surface area contributed by atoms with Crippen molar-refractivity contribution < 1.29 is 14.7 Å². The van der Waals surface area contributed by atoms with Gasteiger partial charge in [-0.05, 0) is 18.2 Å². The van der Waals surface area contributed by atoms with Crippen LogP contribution in [0.4, 0.5) is 10.5 Å². The van der Waals surface area contributed by atoms with Gasteiger partial charge in [-0.15, -0.1) is 6.58 Å². The Hall–Kier alpha value is -1.72. The number of aliphatic carboxylic acids is 1. The van der Waals surface area contributed by atoms with E-state index in [2.05, 4.69) is 11.9 Å². The maximum Gasteiger partial charge on any atom is 0.323 e. The molecule has 19 heavy (non-hydrogen) atoms. The number of nitrogens with zero attached hydrogens (tertiary/aromatic N) is 1. The van der Waals surface area contributed by atoms with Gasteiger partial charge in [0.1, 0.15) is 6.54 Å². The van der Waals surface area contributed by atoms with Crippen molar-refractivity contribution in [3.8, 4) is 0 Å². The van der Waals surface area contributed by atoms with Gasteiger partial charge in [-0.3, -0.25) is 4.79 Å². The molecule has 0 aliphatic rings. The Morgan fingerprint density at radius 2 is 2.11 bits per heavy atom. The first kappa shape index (κ1) is 15.3. The van der Waals surface area contributed by atoms with Gasteiger partial charge in [0.2, 0.25) is 0 Å². The molecule has 0 spiro atoms. The quantitative estimate of drug-likeness (QED) is 0.821. The fraction of sp³-hybridized carbons (Fsp3) is 0.167. The highest BCUT2D eigenvalue weighted by molar-refractivity contribution is 6.36. The molecule has 0 fully saturated rings. The van der Waals surface area contributed by atoms with Gasteiger partial charge in [-0.25, -0.2) is 4.79 Å². The molecule has 0 unspecified atom stereocenters. The van der Waals surface area contributed by atoms with Crippen molar-refractivity contribution in [3.63, 3.8) is 0 Å². The number of halogens is 2. The highest BCUT2D eigenvalue weighted by Gasteiger charge is 2.16. The lowest BCUT2D eigenvalue weighted by atomic mass is 10.3. The van der Waals surface area contributed by atoms with Crippen LogP contribution in [-0.4, -0.2) is 35.1 Å². The van der Waals surface area contributed by atoms with Crippen molar-refractivity contribution in [2.75, 3.05) is 18.4 Å². The molecule has 7 heteroatoms. The lowest BCUT2D eigenvalue weighted by Gasteiger charge is -2.19. The minimum Gasteiger partial charge on any atom is -0.480 e. The second-order valence-electron chi connectivity index (χ2n) is 3.62. The number of carboxylic acids is 1. The number of benzene rings is 1. The molecule has 0 radical (unpaired) electrons. The van der Waals surface area contributed by atoms with Crippen molar-refractivity contribution >= 4 is 40.9 Å². The maximum absolute atomic E-state index is 11.9. The predicted octanol–water partition coefficient (Wildman–Crippen LogP) is 3.10. The third-order valence-electron chi connectivity index (χ3n) is 2.14. The summed E-state index contributed by atoms with van der Waals surface area (Å²) in [6.07, 6.45) is 1.44. The summed E-state index contributed by atoms with van der Waals surface area (Å²) in [5, 5.41) is 11.9. The van der Waals surface area contributed by atoms with Gasteiger partial charge in [-0.1, -0.05) is 29.3 Å². The summed E-state index contributed by atoms with van der Waals surface area (Å²) in [6.45, 7) is 3.16. The fourth-order valence-electron chi connectivity index (χ4n) is 1.32. The van der Waals surface area contributed by atoms with Crippen LogP contribution in [0, 0.1) is 0 Å². The molecule has 0 saturated carbocycles. The fourth-order valence-corrected chi connectivity index (χ4v) is 1.78. The second kappa shape index (κ2) is 7.01. The molecular formula is C12H12Cl2N2O3. The number of rotatable bonds is 5. The summed E-state index contributed by atoms with van der Waals surface area (Å²) < 4.78 is 0. The molecule has 0 heterocycles. The lowest BCUT2D eigenvalue weighted by Crippen LogP contribution is -2.38. The standard InChI is InChI=1S/C12H12Cl2N2O3/c1-2-5-16(7-11(17)18)12(19)15-10-4-3-8(13)6-9(10)14/h2-4,6H,1,5,7H2,(H,15,19)(H,17,18). The monoisotopic (exact) mass is 302 g/mol. The number of hydrogen-bond acceptors (Lipinski definition) is 2. The Bertz CT molecular complexity index is 506. The molecule has 2 N–H and O–H groups in total. The number of nitrogens with one attached hydrogen (secondary N) is 1. The molecule has 1 aromatic rings. The molecule has 0 bridgehead atoms. The van der Waals surface area contributed by atoms with Gasteiger partial charge in [0.05, 0.1) is 10.7 Å². The first-order chi connectivity index (χ1) is 8.93. The van der Waals surface area contributed by atoms with Crippen molar-refractivity contribution in [2.45, 2.75) is 0 Å². The Labute approximate surface area is 120 Å². The molecule has 0 saturated heterocycles. The third kappa shape index (κ3) is 4.81. The van der Waals surface area contributed by atoms with E-state index in [1.807, 2.05) is 0 Å². The van der Waals surface area contributed by atoms with Gasteiger partial charge in [0.15, 0.2) is 0 Å². The molecular weight excluding hydrogens is 291 g/mol. The largest absolute Gasteiger partial charge is 0.480 e. The zero-order chi connectivity index (χ0) is 14.4. The van der Waals surface area contributed by atoms with Crippen molar-refractivity contribution in [1.29, 1.82) is 0 Å². The van der Waals surface area contributed by atoms with Crippen LogP contribution < -0.4 is 5.32 Å². The summed E-state index contributed by atoms with van der Waals surface area (Å²) >= 11 is 11.6. The van der Waals surface area contributed by atoms with E-state index in [1.54, 1.807) is 6.07 Å². The van der Waals surface area contributed by atoms with Gasteiger partial charge >= 0.3 is 12.0 Å². The van der Waals surface area contributed by atoms with E-state index in [-0.39, 0.29) is 11.6 Å². The SMILES string of the molecule is C=CCN(CC(=O)O)C(=O)Nc1ccc(Cl)cc1Cl. The average molecular weight is 303 g/mol. The highest BCUT2D eigenvalue weighted by Crippen LogP contribution is 2.25. The van der Waals surface area contributed by atoms with E-state index >= 15 is 0 Å². The molecule has 0 aliphatic heterocycles. The van der Waals surface area contributed by atoms with Crippen LogP contribution in [-0.2, 0) is 4.79 Å². The summed E-state index contributed by atoms with van der Waals surface area (Å²) in [7, 11) is 0. The van der Waals surface area contributed by atoms with Crippen LogP contribution in [0.3, 0.4) is 0 Å². The smallest absolute Gasteiger partial charge is 0.323 e. The molecule has 0 aromatic heterocycles. The van der Waals surface area contributed by atoms with Crippen molar-refractivity contribution in [1.82, 2.24) is 4.90 Å². The summed E-state index contributed by atoms with van der Waals surface area (Å²) in [5.74, 6) is -1.11. The predicted molar refractivity (Wildman–Crippen MR) is 74.9 cm³/mol. The Morgan fingerprint density at radius 3 is 2.63 bits per heavy atom. The molecule has 1 aromatic carbocycles. The van der Waals surface area contributed by atoms with Crippen LogP contribution in [0.15, 0.2) is 30.9 Å². The Kier molecular flexibility index (Phi) is 5.66. The first-order valence-electron chi connectivity index (χ1n) is 5.27. The Morgan fingerprint density at radius 1 is 1.42 bits per heavy atom. The van der Waals surface area contributed by atoms with E-state index in [1.165, 1.54) is 18.2 Å². The highest BCUT2D eigenvalue weighted by atomic mass is 35.5. The van der Waals surface area contributed by atoms with Gasteiger partial charge in [0.25, 0.3) is 0 Å². The van der Waals surface area contributed by atoms with Crippen LogP contribution in [0.1, 0.15) is 0 Å². The molecule has 0 aliphatic carbocycles. The second-order valence-corrected chi connectivity index (χ2v) is 4.46. The zero-order valence-corrected chi connectivity index (χ0v) is 11.4.